The van der Waals surface area contributed by atoms with Gasteiger partial charge in [-0.05, 0) is 42.8 Å². The summed E-state index contributed by atoms with van der Waals surface area (Å²) in [5.41, 5.74) is 3.30. The van der Waals surface area contributed by atoms with Crippen LogP contribution in [0.3, 0.4) is 0 Å². The molecule has 0 aliphatic carbocycles. The minimum Gasteiger partial charge on any atom is -0.375 e. The summed E-state index contributed by atoms with van der Waals surface area (Å²) in [6.07, 6.45) is 5.49. The van der Waals surface area contributed by atoms with E-state index in [0.29, 0.717) is 12.4 Å². The van der Waals surface area contributed by atoms with E-state index >= 15 is 0 Å². The lowest BCUT2D eigenvalue weighted by atomic mass is 9.96. The fraction of sp³-hybridized carbons (Fsp3) is 0.286. The maximum absolute atomic E-state index is 13.3. The Morgan fingerprint density at radius 3 is 2.75 bits per heavy atom. The lowest BCUT2D eigenvalue weighted by Gasteiger charge is -2.20. The SMILES string of the molecule is C=CC(O)N1CCC(c2cnc(-c3ccc(F)cc3)nc2-c2ccn(C)n2)C1. The molecule has 28 heavy (non-hydrogen) atoms. The van der Waals surface area contributed by atoms with Crippen LogP contribution in [-0.2, 0) is 7.05 Å². The molecule has 0 bridgehead atoms. The predicted molar refractivity (Wildman–Crippen MR) is 105 cm³/mol. The van der Waals surface area contributed by atoms with Gasteiger partial charge in [0.15, 0.2) is 5.82 Å². The Morgan fingerprint density at radius 2 is 2.07 bits per heavy atom. The van der Waals surface area contributed by atoms with Crippen molar-refractivity contribution in [3.63, 3.8) is 0 Å². The molecule has 0 saturated carbocycles. The van der Waals surface area contributed by atoms with Crippen molar-refractivity contribution in [2.45, 2.75) is 18.6 Å². The van der Waals surface area contributed by atoms with E-state index in [2.05, 4.69) is 16.7 Å². The van der Waals surface area contributed by atoms with E-state index < -0.39 is 6.23 Å². The lowest BCUT2D eigenvalue weighted by Crippen LogP contribution is -2.31. The van der Waals surface area contributed by atoms with Gasteiger partial charge in [-0.3, -0.25) is 9.58 Å². The molecule has 1 aromatic carbocycles. The Balaban J connectivity index is 1.74. The van der Waals surface area contributed by atoms with E-state index in [0.717, 1.165) is 35.5 Å². The molecule has 2 unspecified atom stereocenters. The molecule has 2 atom stereocenters. The molecule has 3 aromatic rings. The van der Waals surface area contributed by atoms with Crippen LogP contribution in [0.2, 0.25) is 0 Å². The number of likely N-dealkylation sites (tertiary alicyclic amines) is 1. The summed E-state index contributed by atoms with van der Waals surface area (Å²) in [5, 5.41) is 14.6. The van der Waals surface area contributed by atoms with Gasteiger partial charge in [0.05, 0.1) is 5.69 Å². The quantitative estimate of drug-likeness (QED) is 0.691. The van der Waals surface area contributed by atoms with Crippen molar-refractivity contribution in [2.24, 2.45) is 7.05 Å². The number of rotatable bonds is 5. The lowest BCUT2D eigenvalue weighted by molar-refractivity contribution is 0.0605. The van der Waals surface area contributed by atoms with Gasteiger partial charge >= 0.3 is 0 Å². The number of aromatic nitrogens is 4. The standard InChI is InChI=1S/C21H22FN5O/c1-3-19(28)27-11-8-15(13-27)17-12-23-21(14-4-6-16(22)7-5-14)24-20(17)18-9-10-26(2)25-18/h3-7,9-10,12,15,19,28H,1,8,11,13H2,2H3. The van der Waals surface area contributed by atoms with Crippen molar-refractivity contribution < 1.29 is 9.50 Å². The van der Waals surface area contributed by atoms with Crippen LogP contribution >= 0.6 is 0 Å². The third-order valence-electron chi connectivity index (χ3n) is 5.12. The number of hydrogen-bond donors (Lipinski definition) is 1. The second kappa shape index (κ2) is 7.61. The molecule has 1 saturated heterocycles. The summed E-state index contributed by atoms with van der Waals surface area (Å²) in [5.74, 6) is 0.427. The van der Waals surface area contributed by atoms with Gasteiger partial charge in [0, 0.05) is 49.6 Å². The Hall–Kier alpha value is -2.90. The number of aliphatic hydroxyl groups is 1. The van der Waals surface area contributed by atoms with E-state index in [4.69, 9.17) is 4.98 Å². The summed E-state index contributed by atoms with van der Waals surface area (Å²) in [4.78, 5) is 11.3. The molecular formula is C21H22FN5O. The van der Waals surface area contributed by atoms with Crippen molar-refractivity contribution >= 4 is 0 Å². The van der Waals surface area contributed by atoms with Crippen LogP contribution in [0.4, 0.5) is 4.39 Å². The molecular weight excluding hydrogens is 357 g/mol. The largest absolute Gasteiger partial charge is 0.375 e. The van der Waals surface area contributed by atoms with Gasteiger partial charge in [-0.1, -0.05) is 6.58 Å². The Bertz CT molecular complexity index is 985. The number of halogens is 1. The zero-order valence-electron chi connectivity index (χ0n) is 15.7. The normalized spacial score (nSPS) is 18.3. The summed E-state index contributed by atoms with van der Waals surface area (Å²) in [6.45, 7) is 5.14. The zero-order chi connectivity index (χ0) is 19.7. The van der Waals surface area contributed by atoms with Gasteiger partial charge in [0.1, 0.15) is 17.7 Å². The van der Waals surface area contributed by atoms with E-state index in [-0.39, 0.29) is 11.7 Å². The first kappa shape index (κ1) is 18.5. The van der Waals surface area contributed by atoms with Crippen LogP contribution in [0.25, 0.3) is 22.8 Å². The maximum atomic E-state index is 13.3. The topological polar surface area (TPSA) is 67.1 Å². The molecule has 4 rings (SSSR count). The van der Waals surface area contributed by atoms with Crippen LogP contribution in [-0.4, -0.2) is 49.1 Å². The fourth-order valence-electron chi connectivity index (χ4n) is 3.60. The van der Waals surface area contributed by atoms with Crippen molar-refractivity contribution in [2.75, 3.05) is 13.1 Å². The monoisotopic (exact) mass is 379 g/mol. The van der Waals surface area contributed by atoms with Crippen molar-refractivity contribution in [3.05, 3.63) is 66.8 Å². The molecule has 6 nitrogen and oxygen atoms in total. The van der Waals surface area contributed by atoms with E-state index in [1.54, 1.807) is 16.8 Å². The number of aliphatic hydroxyl groups excluding tert-OH is 1. The summed E-state index contributed by atoms with van der Waals surface area (Å²) < 4.78 is 15.0. The molecule has 1 N–H and O–H groups in total. The minimum atomic E-state index is -0.650. The van der Waals surface area contributed by atoms with Gasteiger partial charge in [-0.25, -0.2) is 14.4 Å². The van der Waals surface area contributed by atoms with Crippen LogP contribution in [0.15, 0.2) is 55.4 Å². The average molecular weight is 379 g/mol. The van der Waals surface area contributed by atoms with Crippen LogP contribution in [0.1, 0.15) is 17.9 Å². The second-order valence-corrected chi connectivity index (χ2v) is 7.01. The molecule has 7 heteroatoms. The average Bonchev–Trinajstić information content (AvgIpc) is 3.37. The molecule has 0 radical (unpaired) electrons. The summed E-state index contributed by atoms with van der Waals surface area (Å²) >= 11 is 0. The number of aryl methyl sites for hydroxylation is 1. The summed E-state index contributed by atoms with van der Waals surface area (Å²) in [7, 11) is 1.86. The first-order valence-corrected chi connectivity index (χ1v) is 9.22. The van der Waals surface area contributed by atoms with Gasteiger partial charge in [0.2, 0.25) is 0 Å². The highest BCUT2D eigenvalue weighted by atomic mass is 19.1. The zero-order valence-corrected chi connectivity index (χ0v) is 15.7. The molecule has 3 heterocycles. The van der Waals surface area contributed by atoms with Crippen molar-refractivity contribution in [1.82, 2.24) is 24.6 Å². The molecule has 1 aliphatic rings. The van der Waals surface area contributed by atoms with Crippen molar-refractivity contribution in [3.8, 4) is 22.8 Å². The predicted octanol–water partition coefficient (Wildman–Crippen LogP) is 2.98. The highest BCUT2D eigenvalue weighted by Gasteiger charge is 2.30. The van der Waals surface area contributed by atoms with Crippen molar-refractivity contribution in [1.29, 1.82) is 0 Å². The number of hydrogen-bond acceptors (Lipinski definition) is 5. The summed E-state index contributed by atoms with van der Waals surface area (Å²) in [6, 6.07) is 8.07. The van der Waals surface area contributed by atoms with Crippen LogP contribution in [0.5, 0.6) is 0 Å². The van der Waals surface area contributed by atoms with E-state index in [1.165, 1.54) is 18.2 Å². The van der Waals surface area contributed by atoms with Crippen LogP contribution < -0.4 is 0 Å². The highest BCUT2D eigenvalue weighted by molar-refractivity contribution is 5.64. The first-order valence-electron chi connectivity index (χ1n) is 9.22. The molecule has 0 amide bonds. The molecule has 0 spiro atoms. The van der Waals surface area contributed by atoms with E-state index in [9.17, 15) is 9.50 Å². The number of nitrogens with zero attached hydrogens (tertiary/aromatic N) is 5. The van der Waals surface area contributed by atoms with Gasteiger partial charge in [-0.2, -0.15) is 5.10 Å². The highest BCUT2D eigenvalue weighted by Crippen LogP contribution is 2.34. The second-order valence-electron chi connectivity index (χ2n) is 7.01. The minimum absolute atomic E-state index is 0.189. The maximum Gasteiger partial charge on any atom is 0.159 e. The molecule has 1 aliphatic heterocycles. The van der Waals surface area contributed by atoms with Gasteiger partial charge in [-0.15, -0.1) is 0 Å². The Labute approximate surface area is 163 Å². The Kier molecular flexibility index (Phi) is 5.02. The van der Waals surface area contributed by atoms with Gasteiger partial charge < -0.3 is 5.11 Å². The van der Waals surface area contributed by atoms with E-state index in [1.807, 2.05) is 30.4 Å². The first-order chi connectivity index (χ1) is 13.5. The third-order valence-corrected chi connectivity index (χ3v) is 5.12. The molecule has 144 valence electrons. The fourth-order valence-corrected chi connectivity index (χ4v) is 3.60. The molecule has 2 aromatic heterocycles. The number of benzene rings is 1. The van der Waals surface area contributed by atoms with Crippen LogP contribution in [0, 0.1) is 5.82 Å². The van der Waals surface area contributed by atoms with Gasteiger partial charge in [0.25, 0.3) is 0 Å². The molecule has 1 fully saturated rings. The smallest absolute Gasteiger partial charge is 0.159 e. The third kappa shape index (κ3) is 3.58. The Morgan fingerprint density at radius 1 is 1.29 bits per heavy atom.